The van der Waals surface area contributed by atoms with Gasteiger partial charge in [-0.15, -0.1) is 0 Å². The van der Waals surface area contributed by atoms with Crippen LogP contribution in [0.2, 0.25) is 0 Å². The van der Waals surface area contributed by atoms with Crippen LogP contribution in [0.3, 0.4) is 0 Å². The van der Waals surface area contributed by atoms with E-state index in [1.54, 1.807) is 11.0 Å². The number of rotatable bonds is 0. The van der Waals surface area contributed by atoms with Crippen molar-refractivity contribution in [2.24, 2.45) is 28.6 Å². The lowest BCUT2D eigenvalue weighted by molar-refractivity contribution is -0.130. The van der Waals surface area contributed by atoms with E-state index in [4.69, 9.17) is 0 Å². The number of piperidine rings is 1. The molecule has 2 saturated carbocycles. The molecule has 5 heteroatoms. The van der Waals surface area contributed by atoms with E-state index < -0.39 is 5.54 Å². The van der Waals surface area contributed by atoms with Gasteiger partial charge in [-0.05, 0) is 76.0 Å². The third-order valence-corrected chi connectivity index (χ3v) is 8.54. The molecular formula is C23H36N2O3. The molecule has 3 aliphatic carbocycles. The molecule has 0 aromatic rings. The number of ketones is 1. The fourth-order valence-corrected chi connectivity index (χ4v) is 6.88. The van der Waals surface area contributed by atoms with Crippen molar-refractivity contribution in [1.29, 1.82) is 0 Å². The molecule has 156 valence electrons. The molecule has 0 spiro atoms. The topological polar surface area (TPSA) is 60.9 Å². The number of carbonyl (C=O) groups is 2. The predicted octanol–water partition coefficient (Wildman–Crippen LogP) is 5.00. The van der Waals surface area contributed by atoms with Gasteiger partial charge in [0, 0.05) is 30.2 Å². The zero-order valence-corrected chi connectivity index (χ0v) is 18.1. The van der Waals surface area contributed by atoms with E-state index in [1.165, 1.54) is 32.1 Å². The highest BCUT2D eigenvalue weighted by Crippen LogP contribution is 2.64. The number of hydrogen-bond donors (Lipinski definition) is 1. The van der Waals surface area contributed by atoms with Crippen LogP contribution in [0.1, 0.15) is 79.6 Å². The van der Waals surface area contributed by atoms with Crippen molar-refractivity contribution in [3.63, 3.8) is 0 Å². The molecule has 4 rings (SSSR count). The van der Waals surface area contributed by atoms with Crippen LogP contribution in [-0.2, 0) is 4.79 Å². The van der Waals surface area contributed by atoms with Gasteiger partial charge in [0.05, 0.1) is 5.54 Å². The molecule has 5 nitrogen and oxygen atoms in total. The Hall–Kier alpha value is -1.36. The second-order valence-corrected chi connectivity index (χ2v) is 11.3. The summed E-state index contributed by atoms with van der Waals surface area (Å²) in [4.78, 5) is 27.4. The Morgan fingerprint density at radius 3 is 2.57 bits per heavy atom. The Kier molecular flexibility index (Phi) is 4.50. The Bertz CT molecular complexity index is 724. The number of urea groups is 1. The smallest absolute Gasteiger partial charge is 0.295 e. The normalized spacial score (nSPS) is 40.4. The highest BCUT2D eigenvalue weighted by Gasteiger charge is 2.59. The first kappa shape index (κ1) is 19.9. The summed E-state index contributed by atoms with van der Waals surface area (Å²) >= 11 is 0. The van der Waals surface area contributed by atoms with Gasteiger partial charge in [0.1, 0.15) is 0 Å². The number of amides is 2. The van der Waals surface area contributed by atoms with Crippen LogP contribution in [0.5, 0.6) is 0 Å². The zero-order chi connectivity index (χ0) is 20.5. The van der Waals surface area contributed by atoms with Gasteiger partial charge in [0.25, 0.3) is 0 Å². The fraction of sp³-hybridized carbons (Fsp3) is 0.826. The average molecular weight is 389 g/mol. The van der Waals surface area contributed by atoms with Gasteiger partial charge in [-0.3, -0.25) is 14.9 Å². The number of allylic oxidation sites excluding steroid dienone is 2. The number of hydroxylamine groups is 2. The van der Waals surface area contributed by atoms with Gasteiger partial charge in [0.15, 0.2) is 5.78 Å². The Morgan fingerprint density at radius 1 is 1.18 bits per heavy atom. The van der Waals surface area contributed by atoms with E-state index in [0.29, 0.717) is 36.1 Å². The largest absolute Gasteiger partial charge is 0.348 e. The monoisotopic (exact) mass is 388 g/mol. The molecule has 1 heterocycles. The lowest BCUT2D eigenvalue weighted by Crippen LogP contribution is -2.61. The third kappa shape index (κ3) is 2.84. The van der Waals surface area contributed by atoms with Gasteiger partial charge in [-0.1, -0.05) is 20.3 Å². The van der Waals surface area contributed by atoms with E-state index >= 15 is 0 Å². The second-order valence-electron chi connectivity index (χ2n) is 11.3. The molecule has 0 bridgehead atoms. The molecule has 0 unspecified atom stereocenters. The van der Waals surface area contributed by atoms with Crippen molar-refractivity contribution >= 4 is 11.8 Å². The quantitative estimate of drug-likeness (QED) is 0.469. The number of hydrogen-bond acceptors (Lipinski definition) is 3. The maximum atomic E-state index is 13.3. The van der Waals surface area contributed by atoms with Crippen molar-refractivity contribution < 1.29 is 14.8 Å². The molecule has 28 heavy (non-hydrogen) atoms. The highest BCUT2D eigenvalue weighted by atomic mass is 16.5. The summed E-state index contributed by atoms with van der Waals surface area (Å²) < 4.78 is 0. The number of carbonyl (C=O) groups excluding carboxylic acids is 2. The lowest BCUT2D eigenvalue weighted by Gasteiger charge is -2.60. The molecule has 1 aliphatic heterocycles. The van der Waals surface area contributed by atoms with Crippen LogP contribution in [0, 0.1) is 28.6 Å². The van der Waals surface area contributed by atoms with Gasteiger partial charge in [-0.2, -0.15) is 0 Å². The number of nitrogens with zero attached hydrogens (tertiary/aromatic N) is 2. The molecule has 0 aromatic carbocycles. The minimum atomic E-state index is -0.683. The third-order valence-electron chi connectivity index (χ3n) is 8.54. The van der Waals surface area contributed by atoms with E-state index in [1.807, 2.05) is 20.8 Å². The van der Waals surface area contributed by atoms with Crippen molar-refractivity contribution in [3.05, 3.63) is 11.8 Å². The van der Waals surface area contributed by atoms with Gasteiger partial charge >= 0.3 is 6.03 Å². The molecule has 0 radical (unpaired) electrons. The molecule has 4 aliphatic rings. The van der Waals surface area contributed by atoms with Crippen molar-refractivity contribution in [2.45, 2.75) is 85.1 Å². The molecule has 2 amide bonds. The molecule has 1 N–H and O–H groups in total. The first-order chi connectivity index (χ1) is 13.0. The summed E-state index contributed by atoms with van der Waals surface area (Å²) in [5.41, 5.74) is 0.397. The van der Waals surface area contributed by atoms with Crippen molar-refractivity contribution in [1.82, 2.24) is 9.96 Å². The summed E-state index contributed by atoms with van der Waals surface area (Å²) in [6.45, 7) is 10.8. The van der Waals surface area contributed by atoms with E-state index in [0.717, 1.165) is 17.2 Å². The number of likely N-dealkylation sites (tertiary alicyclic amines) is 1. The van der Waals surface area contributed by atoms with Crippen LogP contribution in [0.4, 0.5) is 4.79 Å². The summed E-state index contributed by atoms with van der Waals surface area (Å²) in [7, 11) is 0. The van der Waals surface area contributed by atoms with Gasteiger partial charge in [-0.25, -0.2) is 9.86 Å². The Balaban J connectivity index is 1.76. The van der Waals surface area contributed by atoms with Crippen LogP contribution in [0.15, 0.2) is 11.8 Å². The van der Waals surface area contributed by atoms with E-state index in [9.17, 15) is 14.8 Å². The minimum Gasteiger partial charge on any atom is -0.295 e. The van der Waals surface area contributed by atoms with Gasteiger partial charge in [0.2, 0.25) is 0 Å². The molecule has 3 fully saturated rings. The second kappa shape index (κ2) is 6.32. The van der Waals surface area contributed by atoms with Crippen LogP contribution < -0.4 is 0 Å². The summed E-state index contributed by atoms with van der Waals surface area (Å²) in [6, 6.07) is -0.386. The van der Waals surface area contributed by atoms with Crippen molar-refractivity contribution in [2.75, 3.05) is 6.54 Å². The average Bonchev–Trinajstić information content (AvgIpc) is 3.01. The SMILES string of the molecule is CC(C)(C)N(O)C(=O)N1C[C@H]2[C@@H]3CCC[C@@]3(C)CC[C@@H]2[C@@]2(C)CCC(=O)C=C12. The zero-order valence-electron chi connectivity index (χ0n) is 18.1. The molecule has 0 aromatic heterocycles. The first-order valence-electron chi connectivity index (χ1n) is 11.0. The Morgan fingerprint density at radius 2 is 1.89 bits per heavy atom. The predicted molar refractivity (Wildman–Crippen MR) is 108 cm³/mol. The maximum absolute atomic E-state index is 13.3. The standard InChI is InChI=1S/C23H36N2O3/c1-21(2,3)25(28)20(27)24-14-16-17-7-6-10-22(17,4)11-9-18(16)23(5)12-8-15(26)13-19(23)24/h13,16-18,28H,6-12,14H2,1-5H3/t16-,17-,18-,22-,23+/m0/s1. The molecule has 5 atom stereocenters. The van der Waals surface area contributed by atoms with Crippen LogP contribution in [0.25, 0.3) is 0 Å². The number of fused-ring (bicyclic) bond motifs is 5. The van der Waals surface area contributed by atoms with Crippen LogP contribution in [-0.4, -0.2) is 39.1 Å². The summed E-state index contributed by atoms with van der Waals surface area (Å²) in [5.74, 6) is 1.72. The van der Waals surface area contributed by atoms with E-state index in [2.05, 4.69) is 13.8 Å². The summed E-state index contributed by atoms with van der Waals surface area (Å²) in [5, 5.41) is 11.5. The highest BCUT2D eigenvalue weighted by molar-refractivity contribution is 5.92. The molecular weight excluding hydrogens is 352 g/mol. The minimum absolute atomic E-state index is 0.102. The lowest BCUT2D eigenvalue weighted by atomic mass is 9.50. The maximum Gasteiger partial charge on any atom is 0.348 e. The molecule has 1 saturated heterocycles. The van der Waals surface area contributed by atoms with Crippen molar-refractivity contribution in [3.8, 4) is 0 Å². The first-order valence-corrected chi connectivity index (χ1v) is 11.0. The Labute approximate surface area is 169 Å². The van der Waals surface area contributed by atoms with Gasteiger partial charge < -0.3 is 0 Å². The summed E-state index contributed by atoms with van der Waals surface area (Å²) in [6.07, 6.45) is 9.35. The fourth-order valence-electron chi connectivity index (χ4n) is 6.88. The van der Waals surface area contributed by atoms with E-state index in [-0.39, 0.29) is 17.2 Å². The van der Waals surface area contributed by atoms with Crippen LogP contribution >= 0.6 is 0 Å².